The van der Waals surface area contributed by atoms with Gasteiger partial charge in [0.2, 0.25) is 11.8 Å². The minimum atomic E-state index is -1.35. The molecule has 2 bridgehead atoms. The van der Waals surface area contributed by atoms with Gasteiger partial charge in [0.25, 0.3) is 0 Å². The van der Waals surface area contributed by atoms with Crippen molar-refractivity contribution in [3.8, 4) is 0 Å². The number of likely N-dealkylation sites (tertiary alicyclic amines) is 1. The summed E-state index contributed by atoms with van der Waals surface area (Å²) in [7, 11) is 0. The molecule has 274 valence electrons. The molecule has 12 nitrogen and oxygen atoms in total. The van der Waals surface area contributed by atoms with Crippen LogP contribution in [-0.4, -0.2) is 107 Å². The third-order valence-electron chi connectivity index (χ3n) is 12.8. The van der Waals surface area contributed by atoms with Crippen molar-refractivity contribution in [1.29, 1.82) is 0 Å². The van der Waals surface area contributed by atoms with Gasteiger partial charge in [-0.25, -0.2) is 0 Å². The molecule has 2 N–H and O–H groups in total. The second kappa shape index (κ2) is 12.5. The van der Waals surface area contributed by atoms with Gasteiger partial charge in [-0.3, -0.25) is 19.2 Å². The zero-order valence-electron chi connectivity index (χ0n) is 29.1. The topological polar surface area (TPSA) is 139 Å². The Labute approximate surface area is 302 Å². The van der Waals surface area contributed by atoms with E-state index in [9.17, 15) is 14.7 Å². The zero-order valence-corrected chi connectivity index (χ0v) is 29.1. The van der Waals surface area contributed by atoms with E-state index in [1.165, 1.54) is 0 Å². The molecule has 0 radical (unpaired) electrons. The number of carbonyl (C=O) groups is 3. The number of ether oxygens (including phenoxy) is 4. The molecular formula is C40H45N3O9. The van der Waals surface area contributed by atoms with E-state index >= 15 is 4.79 Å². The Hall–Kier alpha value is -3.65. The number of carbonyl (C=O) groups excluding carboxylic acids is 3. The number of hydrogen-bond donors (Lipinski definition) is 2. The van der Waals surface area contributed by atoms with E-state index in [1.54, 1.807) is 9.96 Å². The average Bonchev–Trinajstić information content (AvgIpc) is 3.48. The number of nitrogens with zero attached hydrogens (tertiary/aromatic N) is 2. The van der Waals surface area contributed by atoms with Crippen LogP contribution in [0.2, 0.25) is 0 Å². The monoisotopic (exact) mass is 711 g/mol. The van der Waals surface area contributed by atoms with Crippen molar-refractivity contribution in [1.82, 2.24) is 15.3 Å². The van der Waals surface area contributed by atoms with Crippen LogP contribution in [0.1, 0.15) is 60.8 Å². The molecule has 1 spiro atoms. The van der Waals surface area contributed by atoms with Gasteiger partial charge in [-0.05, 0) is 60.3 Å². The molecular weight excluding hydrogens is 666 g/mol. The number of allylic oxidation sites excluding steroid dienone is 1. The fourth-order valence-electron chi connectivity index (χ4n) is 10.4. The third-order valence-corrected chi connectivity index (χ3v) is 12.8. The first-order chi connectivity index (χ1) is 25.3. The normalized spacial score (nSPS) is 37.9. The number of rotatable bonds is 8. The van der Waals surface area contributed by atoms with Crippen molar-refractivity contribution in [2.45, 2.75) is 112 Å². The predicted octanol–water partition coefficient (Wildman–Crippen LogP) is 2.45. The molecule has 5 aliphatic heterocycles. The highest BCUT2D eigenvalue weighted by Crippen LogP contribution is 2.59. The smallest absolute Gasteiger partial charge is 0.327 e. The van der Waals surface area contributed by atoms with Crippen molar-refractivity contribution in [3.05, 3.63) is 76.9 Å². The summed E-state index contributed by atoms with van der Waals surface area (Å²) in [4.78, 5) is 51.0. The highest BCUT2D eigenvalue weighted by molar-refractivity contribution is 5.96. The molecule has 5 heterocycles. The van der Waals surface area contributed by atoms with Crippen LogP contribution in [0.3, 0.4) is 0 Å². The van der Waals surface area contributed by atoms with Gasteiger partial charge in [0.1, 0.15) is 35.9 Å². The van der Waals surface area contributed by atoms with Crippen LogP contribution in [-0.2, 0) is 57.6 Å². The Morgan fingerprint density at radius 2 is 1.75 bits per heavy atom. The zero-order chi connectivity index (χ0) is 35.2. The average molecular weight is 712 g/mol. The second-order valence-electron chi connectivity index (χ2n) is 16.0. The fourth-order valence-corrected chi connectivity index (χ4v) is 10.4. The van der Waals surface area contributed by atoms with Crippen LogP contribution < -0.4 is 5.32 Å². The summed E-state index contributed by atoms with van der Waals surface area (Å²) in [5.74, 6) is -1.56. The minimum Gasteiger partial charge on any atom is -0.458 e. The number of benzene rings is 2. The van der Waals surface area contributed by atoms with E-state index in [4.69, 9.17) is 23.8 Å². The standard InChI is InChI=1S/C40H45N3O9/c44-17-15-41-36(45)28-6-3-16-42(28)38(47)40-21-31-32-33(51-39(50-32)19-26-4-1-2-5-27(26)20-39)35(40)52-43(34(40)37(46)49-31)22-25-11-8-23(9-12-25)7-10-24-13-14-29-30(18-24)48-29/h1-2,4-5,7-12,24,28-35,44H,3,6,13-22H2,(H,41,45)/t24?,28-,29?,30?,31-,32+,33+,34+,35-,40+/m1/s1. The number of esters is 1. The lowest BCUT2D eigenvalue weighted by molar-refractivity contribution is -0.218. The molecule has 2 aromatic carbocycles. The molecule has 2 saturated carbocycles. The first-order valence-corrected chi connectivity index (χ1v) is 19.0. The van der Waals surface area contributed by atoms with E-state index in [1.807, 2.05) is 24.3 Å². The van der Waals surface area contributed by atoms with Gasteiger partial charge < -0.3 is 34.3 Å². The maximum Gasteiger partial charge on any atom is 0.327 e. The summed E-state index contributed by atoms with van der Waals surface area (Å²) in [5, 5.41) is 13.7. The number of epoxide rings is 1. The maximum absolute atomic E-state index is 15.1. The molecule has 7 fully saturated rings. The number of aliphatic hydroxyl groups is 1. The summed E-state index contributed by atoms with van der Waals surface area (Å²) in [6, 6.07) is 14.6. The largest absolute Gasteiger partial charge is 0.458 e. The number of hydroxylamine groups is 2. The van der Waals surface area contributed by atoms with Crippen molar-refractivity contribution in [3.63, 3.8) is 0 Å². The summed E-state index contributed by atoms with van der Waals surface area (Å²) in [6.07, 6.45) is 8.35. The first kappa shape index (κ1) is 33.0. The van der Waals surface area contributed by atoms with Gasteiger partial charge in [-0.1, -0.05) is 60.7 Å². The Bertz CT molecular complexity index is 1780. The number of fused-ring (bicyclic) bond motifs is 6. The summed E-state index contributed by atoms with van der Waals surface area (Å²) in [6.45, 7) is 0.532. The van der Waals surface area contributed by atoms with Gasteiger partial charge in [0.05, 0.1) is 25.4 Å². The van der Waals surface area contributed by atoms with Crippen molar-refractivity contribution in [2.75, 3.05) is 19.7 Å². The van der Waals surface area contributed by atoms with Gasteiger partial charge in [-0.2, -0.15) is 5.06 Å². The maximum atomic E-state index is 15.1. The molecule has 12 heteroatoms. The summed E-state index contributed by atoms with van der Waals surface area (Å²) in [5.41, 5.74) is 2.96. The Morgan fingerprint density at radius 3 is 2.52 bits per heavy atom. The lowest BCUT2D eigenvalue weighted by atomic mass is 9.62. The van der Waals surface area contributed by atoms with E-state index in [2.05, 4.69) is 41.7 Å². The van der Waals surface area contributed by atoms with Crippen LogP contribution in [0, 0.1) is 11.3 Å². The van der Waals surface area contributed by atoms with E-state index in [0.29, 0.717) is 50.4 Å². The van der Waals surface area contributed by atoms with E-state index in [0.717, 1.165) is 41.5 Å². The van der Waals surface area contributed by atoms with Crippen LogP contribution in [0.15, 0.2) is 54.6 Å². The SMILES string of the molecule is O=C(NCCO)[C@H]1CCCN1C(=O)[C@@]12C[C@H]3OC(=O)[C@@H]1N(Cc1ccc(C=CC4CCC5OC5C4)cc1)O[C@@H]2[C@H]1OC2(Cc4ccccc4C2)O[C@H]13. The van der Waals surface area contributed by atoms with E-state index < -0.39 is 53.7 Å². The van der Waals surface area contributed by atoms with Crippen LogP contribution >= 0.6 is 0 Å². The quantitative estimate of drug-likeness (QED) is 0.310. The highest BCUT2D eigenvalue weighted by Gasteiger charge is 2.77. The van der Waals surface area contributed by atoms with Gasteiger partial charge in [-0.15, -0.1) is 0 Å². The minimum absolute atomic E-state index is 0.101. The van der Waals surface area contributed by atoms with Crippen LogP contribution in [0.4, 0.5) is 0 Å². The molecule has 2 amide bonds. The molecule has 10 rings (SSSR count). The number of hydrogen-bond acceptors (Lipinski definition) is 10. The first-order valence-electron chi connectivity index (χ1n) is 19.0. The second-order valence-corrected chi connectivity index (χ2v) is 16.0. The molecule has 0 aromatic heterocycles. The highest BCUT2D eigenvalue weighted by atomic mass is 16.8. The Balaban J connectivity index is 0.954. The molecule has 52 heavy (non-hydrogen) atoms. The molecule has 5 saturated heterocycles. The van der Waals surface area contributed by atoms with Gasteiger partial charge >= 0.3 is 5.97 Å². The number of aliphatic hydroxyl groups excluding tert-OH is 1. The molecule has 2 aromatic rings. The van der Waals surface area contributed by atoms with Crippen molar-refractivity contribution in [2.24, 2.45) is 11.3 Å². The summed E-state index contributed by atoms with van der Waals surface area (Å²) >= 11 is 0. The number of nitrogens with one attached hydrogen (secondary N) is 1. The van der Waals surface area contributed by atoms with Gasteiger partial charge in [0.15, 0.2) is 11.8 Å². The predicted molar refractivity (Wildman–Crippen MR) is 184 cm³/mol. The lowest BCUT2D eigenvalue weighted by Gasteiger charge is -2.50. The van der Waals surface area contributed by atoms with Crippen LogP contribution in [0.5, 0.6) is 0 Å². The number of amides is 2. The lowest BCUT2D eigenvalue weighted by Crippen LogP contribution is -2.70. The van der Waals surface area contributed by atoms with E-state index in [-0.39, 0.29) is 37.9 Å². The van der Waals surface area contributed by atoms with Crippen LogP contribution in [0.25, 0.3) is 6.08 Å². The van der Waals surface area contributed by atoms with Crippen molar-refractivity contribution < 1.29 is 43.3 Å². The molecule has 10 atom stereocenters. The Morgan fingerprint density at radius 1 is 0.962 bits per heavy atom. The molecule has 8 aliphatic rings. The van der Waals surface area contributed by atoms with Crippen molar-refractivity contribution >= 4 is 23.9 Å². The molecule has 3 aliphatic carbocycles. The third kappa shape index (κ3) is 5.28. The van der Waals surface area contributed by atoms with Gasteiger partial charge in [0, 0.05) is 32.4 Å². The summed E-state index contributed by atoms with van der Waals surface area (Å²) < 4.78 is 25.5. The Kier molecular flexibility index (Phi) is 7.90. The molecule has 3 unspecified atom stereocenters. The fraction of sp³-hybridized carbons (Fsp3) is 0.575.